The highest BCUT2D eigenvalue weighted by Crippen LogP contribution is 2.35. The van der Waals surface area contributed by atoms with Gasteiger partial charge in [0.15, 0.2) is 12.2 Å². The largest absolute Gasteiger partial charge is 0.494 e. The minimum absolute atomic E-state index is 0.0960. The molecule has 0 atom stereocenters. The van der Waals surface area contributed by atoms with E-state index >= 15 is 0 Å². The standard InChI is InChI=1S/C25H25N3O5S2/c1-4-32-20-10-8-19(9-11-20)27-24(29)15-28(21-7-5-6-17(2)18(21)3)35(30,31)25-13-12-23(34-25)22-14-26-16-33-22/h5-14,16H,4,15H2,1-3H3,(H,27,29). The van der Waals surface area contributed by atoms with Crippen LogP contribution >= 0.6 is 11.3 Å². The van der Waals surface area contributed by atoms with Crippen LogP contribution in [-0.2, 0) is 14.8 Å². The minimum Gasteiger partial charge on any atom is -0.494 e. The first-order chi connectivity index (χ1) is 16.8. The van der Waals surface area contributed by atoms with Crippen molar-refractivity contribution in [2.75, 3.05) is 22.8 Å². The third-order valence-electron chi connectivity index (χ3n) is 5.38. The Morgan fingerprint density at radius 3 is 2.57 bits per heavy atom. The summed E-state index contributed by atoms with van der Waals surface area (Å²) in [7, 11) is -4.06. The zero-order valence-corrected chi connectivity index (χ0v) is 21.2. The number of thiophene rings is 1. The Kier molecular flexibility index (Phi) is 7.23. The van der Waals surface area contributed by atoms with E-state index in [9.17, 15) is 13.2 Å². The summed E-state index contributed by atoms with van der Waals surface area (Å²) in [6, 6.07) is 15.5. The van der Waals surface area contributed by atoms with Crippen LogP contribution in [0.1, 0.15) is 18.1 Å². The van der Waals surface area contributed by atoms with Gasteiger partial charge in [0.25, 0.3) is 10.0 Å². The third-order valence-corrected chi connectivity index (χ3v) is 8.71. The van der Waals surface area contributed by atoms with Crippen LogP contribution in [0.15, 0.2) is 75.8 Å². The second kappa shape index (κ2) is 10.3. The van der Waals surface area contributed by atoms with Crippen LogP contribution in [0.5, 0.6) is 5.75 Å². The van der Waals surface area contributed by atoms with Crippen molar-refractivity contribution in [1.82, 2.24) is 4.98 Å². The van der Waals surface area contributed by atoms with Gasteiger partial charge in [0.1, 0.15) is 16.5 Å². The molecule has 0 aliphatic carbocycles. The predicted octanol–water partition coefficient (Wildman–Crippen LogP) is 5.25. The number of carbonyl (C=O) groups is 1. The topological polar surface area (TPSA) is 102 Å². The second-order valence-electron chi connectivity index (χ2n) is 7.72. The summed E-state index contributed by atoms with van der Waals surface area (Å²) in [5.41, 5.74) is 2.68. The number of nitrogens with one attached hydrogen (secondary N) is 1. The Morgan fingerprint density at radius 1 is 1.11 bits per heavy atom. The summed E-state index contributed by atoms with van der Waals surface area (Å²) < 4.78 is 39.5. The first kappa shape index (κ1) is 24.5. The minimum atomic E-state index is -4.06. The molecule has 2 aromatic heterocycles. The van der Waals surface area contributed by atoms with Gasteiger partial charge in [-0.3, -0.25) is 9.10 Å². The number of nitrogens with zero attached hydrogens (tertiary/aromatic N) is 2. The number of benzene rings is 2. The number of rotatable bonds is 9. The highest BCUT2D eigenvalue weighted by Gasteiger charge is 2.30. The van der Waals surface area contributed by atoms with Gasteiger partial charge in [-0.25, -0.2) is 13.4 Å². The highest BCUT2D eigenvalue weighted by molar-refractivity contribution is 7.94. The Balaban J connectivity index is 1.65. The van der Waals surface area contributed by atoms with E-state index < -0.39 is 22.5 Å². The number of ether oxygens (including phenoxy) is 1. The highest BCUT2D eigenvalue weighted by atomic mass is 32.2. The molecule has 0 unspecified atom stereocenters. The molecule has 0 radical (unpaired) electrons. The zero-order valence-electron chi connectivity index (χ0n) is 19.5. The summed E-state index contributed by atoms with van der Waals surface area (Å²) in [5.74, 6) is 0.693. The third kappa shape index (κ3) is 5.39. The molecule has 35 heavy (non-hydrogen) atoms. The van der Waals surface area contributed by atoms with E-state index in [1.54, 1.807) is 42.5 Å². The number of sulfonamides is 1. The Bertz CT molecular complexity index is 1410. The van der Waals surface area contributed by atoms with Crippen molar-refractivity contribution in [3.05, 3.63) is 78.3 Å². The Morgan fingerprint density at radius 2 is 1.89 bits per heavy atom. The van der Waals surface area contributed by atoms with Gasteiger partial charge in [-0.15, -0.1) is 11.3 Å². The molecular weight excluding hydrogens is 486 g/mol. The number of amides is 1. The lowest BCUT2D eigenvalue weighted by atomic mass is 10.1. The lowest BCUT2D eigenvalue weighted by Crippen LogP contribution is -2.38. The molecule has 0 spiro atoms. The summed E-state index contributed by atoms with van der Waals surface area (Å²) in [6.07, 6.45) is 2.81. The molecule has 2 heterocycles. The van der Waals surface area contributed by atoms with Crippen molar-refractivity contribution < 1.29 is 22.4 Å². The number of aryl methyl sites for hydroxylation is 1. The van der Waals surface area contributed by atoms with Crippen LogP contribution in [0.4, 0.5) is 11.4 Å². The molecule has 4 rings (SSSR count). The van der Waals surface area contributed by atoms with Crippen LogP contribution < -0.4 is 14.4 Å². The molecule has 0 fully saturated rings. The number of hydrogen-bond donors (Lipinski definition) is 1. The fourth-order valence-corrected chi connectivity index (χ4v) is 6.33. The van der Waals surface area contributed by atoms with Crippen LogP contribution in [-0.4, -0.2) is 32.5 Å². The molecular formula is C25H25N3O5S2. The molecule has 2 aromatic carbocycles. The average molecular weight is 512 g/mol. The number of carbonyl (C=O) groups excluding carboxylic acids is 1. The summed E-state index contributed by atoms with van der Waals surface area (Å²) in [6.45, 7) is 5.77. The van der Waals surface area contributed by atoms with Crippen molar-refractivity contribution in [3.63, 3.8) is 0 Å². The van der Waals surface area contributed by atoms with Crippen molar-refractivity contribution in [1.29, 1.82) is 0 Å². The number of hydrogen-bond acceptors (Lipinski definition) is 7. The molecule has 8 nitrogen and oxygen atoms in total. The molecule has 182 valence electrons. The fourth-order valence-electron chi connectivity index (χ4n) is 3.47. The van der Waals surface area contributed by atoms with E-state index in [-0.39, 0.29) is 4.21 Å². The normalized spacial score (nSPS) is 11.3. The fraction of sp³-hybridized carbons (Fsp3) is 0.200. The van der Waals surface area contributed by atoms with Crippen LogP contribution in [0.3, 0.4) is 0 Å². The number of aromatic nitrogens is 1. The van der Waals surface area contributed by atoms with E-state index in [0.29, 0.717) is 34.4 Å². The molecule has 4 aromatic rings. The maximum atomic E-state index is 13.8. The van der Waals surface area contributed by atoms with E-state index in [2.05, 4.69) is 10.3 Å². The first-order valence-electron chi connectivity index (χ1n) is 10.9. The van der Waals surface area contributed by atoms with Crippen LogP contribution in [0.2, 0.25) is 0 Å². The Labute approximate surface area is 208 Å². The van der Waals surface area contributed by atoms with Gasteiger partial charge in [-0.2, -0.15) is 0 Å². The monoisotopic (exact) mass is 511 g/mol. The second-order valence-corrected chi connectivity index (χ2v) is 10.9. The molecule has 1 N–H and O–H groups in total. The van der Waals surface area contributed by atoms with Gasteiger partial charge < -0.3 is 14.5 Å². The van der Waals surface area contributed by atoms with E-state index in [4.69, 9.17) is 9.15 Å². The predicted molar refractivity (Wildman–Crippen MR) is 137 cm³/mol. The maximum Gasteiger partial charge on any atom is 0.274 e. The lowest BCUT2D eigenvalue weighted by Gasteiger charge is -2.25. The van der Waals surface area contributed by atoms with E-state index in [1.165, 1.54) is 18.7 Å². The van der Waals surface area contributed by atoms with Crippen molar-refractivity contribution in [2.24, 2.45) is 0 Å². The molecule has 1 amide bonds. The molecule has 0 saturated carbocycles. The van der Waals surface area contributed by atoms with Crippen molar-refractivity contribution in [3.8, 4) is 16.4 Å². The Hall–Kier alpha value is -3.63. The quantitative estimate of drug-likeness (QED) is 0.329. The smallest absolute Gasteiger partial charge is 0.274 e. The maximum absolute atomic E-state index is 13.8. The average Bonchev–Trinajstić information content (AvgIpc) is 3.53. The lowest BCUT2D eigenvalue weighted by molar-refractivity contribution is -0.114. The molecule has 0 saturated heterocycles. The summed E-state index contributed by atoms with van der Waals surface area (Å²) in [4.78, 5) is 17.5. The van der Waals surface area contributed by atoms with Gasteiger partial charge in [-0.05, 0) is 74.4 Å². The summed E-state index contributed by atoms with van der Waals surface area (Å²) in [5, 5.41) is 2.78. The van der Waals surface area contributed by atoms with Gasteiger partial charge in [0, 0.05) is 5.69 Å². The molecule has 0 bridgehead atoms. The van der Waals surface area contributed by atoms with E-state index in [1.807, 2.05) is 26.8 Å². The van der Waals surface area contributed by atoms with E-state index in [0.717, 1.165) is 26.8 Å². The summed E-state index contributed by atoms with van der Waals surface area (Å²) >= 11 is 1.06. The van der Waals surface area contributed by atoms with Crippen LogP contribution in [0, 0.1) is 13.8 Å². The van der Waals surface area contributed by atoms with Crippen LogP contribution in [0.25, 0.3) is 10.6 Å². The zero-order chi connectivity index (χ0) is 25.0. The SMILES string of the molecule is CCOc1ccc(NC(=O)CN(c2cccc(C)c2C)S(=O)(=O)c2ccc(-c3cnco3)s2)cc1. The molecule has 0 aliphatic rings. The van der Waals surface area contributed by atoms with Crippen molar-refractivity contribution >= 4 is 38.6 Å². The molecule has 10 heteroatoms. The van der Waals surface area contributed by atoms with Gasteiger partial charge in [0.05, 0.1) is 23.4 Å². The van der Waals surface area contributed by atoms with Gasteiger partial charge in [0.2, 0.25) is 5.91 Å². The van der Waals surface area contributed by atoms with Gasteiger partial charge in [-0.1, -0.05) is 12.1 Å². The van der Waals surface area contributed by atoms with Crippen molar-refractivity contribution in [2.45, 2.75) is 25.0 Å². The molecule has 0 aliphatic heterocycles. The first-order valence-corrected chi connectivity index (χ1v) is 13.2. The van der Waals surface area contributed by atoms with Gasteiger partial charge >= 0.3 is 0 Å². The number of oxazole rings is 1. The number of anilines is 2.